The molecule has 0 spiro atoms. The van der Waals surface area contributed by atoms with Gasteiger partial charge in [0.25, 0.3) is 5.91 Å². The van der Waals surface area contributed by atoms with E-state index in [4.69, 9.17) is 0 Å². The summed E-state index contributed by atoms with van der Waals surface area (Å²) in [5.74, 6) is -0.193. The molecule has 0 saturated heterocycles. The van der Waals surface area contributed by atoms with Gasteiger partial charge in [0.2, 0.25) is 0 Å². The van der Waals surface area contributed by atoms with Crippen molar-refractivity contribution in [2.45, 2.75) is 44.6 Å². The Balaban J connectivity index is 1.70. The molecule has 0 radical (unpaired) electrons. The first kappa shape index (κ1) is 15.7. The number of nitrogens with zero attached hydrogens (tertiary/aromatic N) is 3. The highest BCUT2D eigenvalue weighted by atomic mass is 16.3. The van der Waals surface area contributed by atoms with Crippen molar-refractivity contribution in [2.75, 3.05) is 6.54 Å². The normalized spacial score (nSPS) is 17.0. The van der Waals surface area contributed by atoms with Crippen LogP contribution in [0, 0.1) is 6.92 Å². The van der Waals surface area contributed by atoms with Crippen molar-refractivity contribution in [3.63, 3.8) is 0 Å². The monoisotopic (exact) mass is 314 g/mol. The number of hydrogen-bond donors (Lipinski definition) is 2. The van der Waals surface area contributed by atoms with Crippen LogP contribution >= 0.6 is 0 Å². The molecule has 2 N–H and O–H groups in total. The molecule has 6 heteroatoms. The first-order valence-corrected chi connectivity index (χ1v) is 8.05. The van der Waals surface area contributed by atoms with Gasteiger partial charge in [-0.1, -0.05) is 19.3 Å². The minimum Gasteiger partial charge on any atom is -0.388 e. The summed E-state index contributed by atoms with van der Waals surface area (Å²) >= 11 is 0. The van der Waals surface area contributed by atoms with Gasteiger partial charge < -0.3 is 10.4 Å². The van der Waals surface area contributed by atoms with E-state index in [0.29, 0.717) is 12.1 Å². The van der Waals surface area contributed by atoms with Gasteiger partial charge in [0.15, 0.2) is 0 Å². The van der Waals surface area contributed by atoms with Gasteiger partial charge in [-0.25, -0.2) is 4.68 Å². The number of hydrogen-bond acceptors (Lipinski definition) is 4. The zero-order valence-electron chi connectivity index (χ0n) is 13.3. The molecule has 2 heterocycles. The summed E-state index contributed by atoms with van der Waals surface area (Å²) in [4.78, 5) is 16.4. The first-order valence-electron chi connectivity index (χ1n) is 8.05. The molecule has 6 nitrogen and oxygen atoms in total. The van der Waals surface area contributed by atoms with Gasteiger partial charge in [-0.05, 0) is 31.9 Å². The van der Waals surface area contributed by atoms with E-state index in [-0.39, 0.29) is 5.91 Å². The summed E-state index contributed by atoms with van der Waals surface area (Å²) in [7, 11) is 0. The van der Waals surface area contributed by atoms with E-state index in [1.165, 1.54) is 0 Å². The molecule has 23 heavy (non-hydrogen) atoms. The molecule has 1 fully saturated rings. The molecule has 0 unspecified atom stereocenters. The van der Waals surface area contributed by atoms with Crippen molar-refractivity contribution >= 4 is 5.91 Å². The van der Waals surface area contributed by atoms with Gasteiger partial charge in [-0.15, -0.1) is 0 Å². The second-order valence-corrected chi connectivity index (χ2v) is 6.23. The zero-order chi connectivity index (χ0) is 16.3. The molecular weight excluding hydrogens is 292 g/mol. The van der Waals surface area contributed by atoms with Crippen LogP contribution in [0.25, 0.3) is 5.69 Å². The summed E-state index contributed by atoms with van der Waals surface area (Å²) in [5, 5.41) is 17.6. The van der Waals surface area contributed by atoms with E-state index in [9.17, 15) is 9.90 Å². The van der Waals surface area contributed by atoms with Crippen molar-refractivity contribution in [3.8, 4) is 5.69 Å². The second-order valence-electron chi connectivity index (χ2n) is 6.23. The lowest BCUT2D eigenvalue weighted by Gasteiger charge is -2.32. The van der Waals surface area contributed by atoms with E-state index < -0.39 is 5.60 Å². The molecule has 122 valence electrons. The van der Waals surface area contributed by atoms with Crippen LogP contribution in [-0.4, -0.2) is 37.9 Å². The fourth-order valence-electron chi connectivity index (χ4n) is 3.10. The molecule has 0 bridgehead atoms. The minimum absolute atomic E-state index is 0.193. The van der Waals surface area contributed by atoms with Gasteiger partial charge in [0.1, 0.15) is 0 Å². The summed E-state index contributed by atoms with van der Waals surface area (Å²) < 4.78 is 1.71. The van der Waals surface area contributed by atoms with Gasteiger partial charge in [-0.2, -0.15) is 5.10 Å². The maximum absolute atomic E-state index is 12.4. The summed E-state index contributed by atoms with van der Waals surface area (Å²) in [6, 6.07) is 3.68. The Hall–Kier alpha value is -2.21. The van der Waals surface area contributed by atoms with Gasteiger partial charge in [0.05, 0.1) is 28.7 Å². The lowest BCUT2D eigenvalue weighted by Crippen LogP contribution is -2.44. The van der Waals surface area contributed by atoms with Gasteiger partial charge in [0, 0.05) is 18.9 Å². The number of aromatic nitrogens is 3. The lowest BCUT2D eigenvalue weighted by molar-refractivity contribution is 0.00525. The van der Waals surface area contributed by atoms with Crippen molar-refractivity contribution in [2.24, 2.45) is 0 Å². The molecule has 0 atom stereocenters. The molecule has 2 aromatic heterocycles. The molecule has 3 rings (SSSR count). The Morgan fingerprint density at radius 2 is 2.00 bits per heavy atom. The highest BCUT2D eigenvalue weighted by molar-refractivity contribution is 5.95. The Kier molecular flexibility index (Phi) is 4.43. The molecule has 1 amide bonds. The Morgan fingerprint density at radius 1 is 1.30 bits per heavy atom. The van der Waals surface area contributed by atoms with E-state index in [1.807, 2.05) is 19.1 Å². The first-order chi connectivity index (χ1) is 11.1. The average molecular weight is 314 g/mol. The third kappa shape index (κ3) is 3.42. The Morgan fingerprint density at radius 3 is 2.70 bits per heavy atom. The molecule has 1 aliphatic rings. The highest BCUT2D eigenvalue weighted by Crippen LogP contribution is 2.27. The number of rotatable bonds is 4. The number of aliphatic hydroxyl groups is 1. The van der Waals surface area contributed by atoms with E-state index in [1.54, 1.807) is 23.3 Å². The van der Waals surface area contributed by atoms with Crippen LogP contribution in [0.2, 0.25) is 0 Å². The largest absolute Gasteiger partial charge is 0.388 e. The van der Waals surface area contributed by atoms with Crippen molar-refractivity contribution in [1.29, 1.82) is 0 Å². The number of carbonyl (C=O) groups is 1. The number of amides is 1. The maximum atomic E-state index is 12.4. The topological polar surface area (TPSA) is 80.0 Å². The fraction of sp³-hybridized carbons (Fsp3) is 0.471. The van der Waals surface area contributed by atoms with Crippen LogP contribution < -0.4 is 5.32 Å². The average Bonchev–Trinajstić information content (AvgIpc) is 2.96. The summed E-state index contributed by atoms with van der Waals surface area (Å²) in [6.07, 6.45) is 9.65. The minimum atomic E-state index is -0.761. The molecular formula is C17H22N4O2. The van der Waals surface area contributed by atoms with E-state index in [0.717, 1.165) is 43.5 Å². The van der Waals surface area contributed by atoms with Crippen LogP contribution in [0.1, 0.15) is 48.2 Å². The number of carbonyl (C=O) groups excluding carboxylic acids is 1. The standard InChI is InChI=1S/C17H22N4O2/c1-13-15(11-20-21(13)14-5-9-18-10-6-14)16(22)19-12-17(23)7-3-2-4-8-17/h5-6,9-11,23H,2-4,7-8,12H2,1H3,(H,19,22). The Bertz CT molecular complexity index is 675. The van der Waals surface area contributed by atoms with Crippen LogP contribution in [0.5, 0.6) is 0 Å². The van der Waals surface area contributed by atoms with Crippen molar-refractivity contribution in [3.05, 3.63) is 42.0 Å². The quantitative estimate of drug-likeness (QED) is 0.904. The zero-order valence-corrected chi connectivity index (χ0v) is 13.3. The van der Waals surface area contributed by atoms with Gasteiger partial charge >= 0.3 is 0 Å². The molecule has 2 aromatic rings. The smallest absolute Gasteiger partial charge is 0.254 e. The third-order valence-electron chi connectivity index (χ3n) is 4.52. The predicted octanol–water partition coefficient (Wildman–Crippen LogP) is 2.00. The SMILES string of the molecule is Cc1c(C(=O)NCC2(O)CCCCC2)cnn1-c1ccncc1. The fourth-order valence-corrected chi connectivity index (χ4v) is 3.10. The maximum Gasteiger partial charge on any atom is 0.254 e. The molecule has 0 aromatic carbocycles. The predicted molar refractivity (Wildman–Crippen MR) is 86.5 cm³/mol. The van der Waals surface area contributed by atoms with Crippen LogP contribution in [0.4, 0.5) is 0 Å². The summed E-state index contributed by atoms with van der Waals surface area (Å²) in [5.41, 5.74) is 1.40. The Labute approximate surface area is 135 Å². The van der Waals surface area contributed by atoms with Crippen LogP contribution in [0.3, 0.4) is 0 Å². The lowest BCUT2D eigenvalue weighted by atomic mass is 9.85. The molecule has 1 saturated carbocycles. The van der Waals surface area contributed by atoms with Crippen molar-refractivity contribution in [1.82, 2.24) is 20.1 Å². The summed E-state index contributed by atoms with van der Waals surface area (Å²) in [6.45, 7) is 2.16. The van der Waals surface area contributed by atoms with E-state index in [2.05, 4.69) is 15.4 Å². The van der Waals surface area contributed by atoms with Crippen LogP contribution in [-0.2, 0) is 0 Å². The van der Waals surface area contributed by atoms with Gasteiger partial charge in [-0.3, -0.25) is 9.78 Å². The van der Waals surface area contributed by atoms with Crippen molar-refractivity contribution < 1.29 is 9.90 Å². The highest BCUT2D eigenvalue weighted by Gasteiger charge is 2.30. The molecule has 1 aliphatic carbocycles. The number of nitrogens with one attached hydrogen (secondary N) is 1. The second kappa shape index (κ2) is 6.50. The van der Waals surface area contributed by atoms with E-state index >= 15 is 0 Å². The number of pyridine rings is 1. The molecule has 0 aliphatic heterocycles. The third-order valence-corrected chi connectivity index (χ3v) is 4.52. The van der Waals surface area contributed by atoms with Crippen LogP contribution in [0.15, 0.2) is 30.7 Å².